The van der Waals surface area contributed by atoms with Gasteiger partial charge in [0.25, 0.3) is 0 Å². The van der Waals surface area contributed by atoms with Crippen molar-refractivity contribution >= 4 is 17.8 Å². The molecule has 3 unspecified atom stereocenters. The van der Waals surface area contributed by atoms with Crippen LogP contribution in [-0.2, 0) is 9.08 Å². The van der Waals surface area contributed by atoms with Crippen LogP contribution in [0.1, 0.15) is 46.5 Å². The zero-order chi connectivity index (χ0) is 11.4. The molecule has 0 aliphatic heterocycles. The summed E-state index contributed by atoms with van der Waals surface area (Å²) in [7, 11) is 0. The van der Waals surface area contributed by atoms with Crippen LogP contribution in [0.2, 0.25) is 0 Å². The first kappa shape index (κ1) is 12.8. The molecule has 15 heavy (non-hydrogen) atoms. The van der Waals surface area contributed by atoms with Gasteiger partial charge in [0.15, 0.2) is 0 Å². The van der Waals surface area contributed by atoms with E-state index in [2.05, 4.69) is 25.1 Å². The van der Waals surface area contributed by atoms with Gasteiger partial charge in [-0.1, -0.05) is 27.2 Å². The molecule has 88 valence electrons. The molecule has 0 heterocycles. The van der Waals surface area contributed by atoms with Crippen molar-refractivity contribution in [3.05, 3.63) is 0 Å². The van der Waals surface area contributed by atoms with Crippen molar-refractivity contribution in [3.8, 4) is 0 Å². The predicted molar refractivity (Wildman–Crippen MR) is 61.4 cm³/mol. The highest BCUT2D eigenvalue weighted by Crippen LogP contribution is 2.39. The smallest absolute Gasteiger partial charge is 0.325 e. The summed E-state index contributed by atoms with van der Waals surface area (Å²) in [4.78, 5) is 11.2. The number of halogens is 1. The lowest BCUT2D eigenvalue weighted by Crippen LogP contribution is -2.29. The van der Waals surface area contributed by atoms with Gasteiger partial charge in [0.2, 0.25) is 0 Å². The van der Waals surface area contributed by atoms with Gasteiger partial charge in [0, 0.05) is 0 Å². The molecule has 1 rings (SSSR count). The molecule has 3 atom stereocenters. The second-order valence-electron chi connectivity index (χ2n) is 5.24. The number of rotatable bonds is 3. The Balaban J connectivity index is 2.57. The van der Waals surface area contributed by atoms with E-state index in [1.165, 1.54) is 12.8 Å². The van der Waals surface area contributed by atoms with Crippen LogP contribution in [0, 0.1) is 23.7 Å². The summed E-state index contributed by atoms with van der Waals surface area (Å²) in [5.74, 6) is 2.21. The van der Waals surface area contributed by atoms with Crippen molar-refractivity contribution in [2.75, 3.05) is 0 Å². The first-order chi connectivity index (χ1) is 7.04. The number of carbonyl (C=O) groups is 1. The normalized spacial score (nSPS) is 31.7. The van der Waals surface area contributed by atoms with Gasteiger partial charge < -0.3 is 4.29 Å². The van der Waals surface area contributed by atoms with Crippen molar-refractivity contribution in [1.29, 1.82) is 0 Å². The molecule has 0 aromatic heterocycles. The van der Waals surface area contributed by atoms with E-state index in [1.54, 1.807) is 0 Å². The van der Waals surface area contributed by atoms with Crippen LogP contribution < -0.4 is 0 Å². The fourth-order valence-corrected chi connectivity index (χ4v) is 2.94. The third kappa shape index (κ3) is 3.67. The van der Waals surface area contributed by atoms with Crippen LogP contribution >= 0.6 is 11.9 Å². The number of carbonyl (C=O) groups excluding carboxylic acids is 1. The molecule has 0 saturated heterocycles. The molecular formula is C12H21ClO2. The number of hydrogen-bond acceptors (Lipinski definition) is 2. The molecule has 1 fully saturated rings. The van der Waals surface area contributed by atoms with Crippen LogP contribution in [0.5, 0.6) is 0 Å². The molecule has 1 aliphatic carbocycles. The summed E-state index contributed by atoms with van der Waals surface area (Å²) in [6.07, 6.45) is 4.14. The Labute approximate surface area is 97.5 Å². The van der Waals surface area contributed by atoms with Crippen molar-refractivity contribution in [1.82, 2.24) is 0 Å². The minimum absolute atomic E-state index is 0.276. The Morgan fingerprint density at radius 3 is 2.67 bits per heavy atom. The third-order valence-electron chi connectivity index (χ3n) is 3.67. The second-order valence-corrected chi connectivity index (χ2v) is 5.39. The Morgan fingerprint density at radius 1 is 1.47 bits per heavy atom. The van der Waals surface area contributed by atoms with Gasteiger partial charge in [0.05, 0.1) is 6.42 Å². The van der Waals surface area contributed by atoms with Crippen LogP contribution in [-0.4, -0.2) is 5.97 Å². The average Bonchev–Trinajstić information content (AvgIpc) is 2.17. The summed E-state index contributed by atoms with van der Waals surface area (Å²) < 4.78 is 4.25. The SMILES string of the molecule is CC1CCC(C(C)C)C(CC(=O)OCl)C1. The van der Waals surface area contributed by atoms with Crippen LogP contribution in [0.25, 0.3) is 0 Å². The fraction of sp³-hybridized carbons (Fsp3) is 0.917. The third-order valence-corrected chi connectivity index (χ3v) is 3.85. The lowest BCUT2D eigenvalue weighted by molar-refractivity contribution is -0.136. The van der Waals surface area contributed by atoms with Gasteiger partial charge in [-0.05, 0) is 36.5 Å². The molecule has 0 aromatic rings. The molecule has 1 aliphatic rings. The Kier molecular flexibility index (Phi) is 4.91. The van der Waals surface area contributed by atoms with Gasteiger partial charge >= 0.3 is 5.97 Å². The highest BCUT2D eigenvalue weighted by atomic mass is 35.5. The molecule has 2 nitrogen and oxygen atoms in total. The quantitative estimate of drug-likeness (QED) is 0.740. The fourth-order valence-electron chi connectivity index (χ4n) is 2.88. The summed E-state index contributed by atoms with van der Waals surface area (Å²) in [5.41, 5.74) is 0. The first-order valence-electron chi connectivity index (χ1n) is 5.86. The molecule has 1 saturated carbocycles. The first-order valence-corrected chi connectivity index (χ1v) is 6.16. The molecule has 0 bridgehead atoms. The maximum Gasteiger partial charge on any atom is 0.325 e. The van der Waals surface area contributed by atoms with Crippen LogP contribution in [0.4, 0.5) is 0 Å². The van der Waals surface area contributed by atoms with E-state index in [4.69, 9.17) is 11.9 Å². The average molecular weight is 233 g/mol. The summed E-state index contributed by atoms with van der Waals surface area (Å²) in [5, 5.41) is 0. The second kappa shape index (κ2) is 5.74. The highest BCUT2D eigenvalue weighted by molar-refractivity contribution is 6.13. The van der Waals surface area contributed by atoms with Crippen LogP contribution in [0.15, 0.2) is 0 Å². The van der Waals surface area contributed by atoms with E-state index in [9.17, 15) is 4.79 Å². The molecule has 0 amide bonds. The molecular weight excluding hydrogens is 212 g/mol. The maximum atomic E-state index is 11.2. The monoisotopic (exact) mass is 232 g/mol. The zero-order valence-electron chi connectivity index (χ0n) is 9.83. The van der Waals surface area contributed by atoms with Crippen molar-refractivity contribution in [2.24, 2.45) is 23.7 Å². The van der Waals surface area contributed by atoms with E-state index in [0.717, 1.165) is 12.3 Å². The Bertz CT molecular complexity index is 216. The van der Waals surface area contributed by atoms with E-state index in [-0.39, 0.29) is 5.97 Å². The van der Waals surface area contributed by atoms with Crippen molar-refractivity contribution in [2.45, 2.75) is 46.5 Å². The standard InChI is InChI=1S/C12H21ClO2/c1-8(2)11-5-4-9(3)6-10(11)7-12(14)15-13/h8-11H,4-7H2,1-3H3. The minimum Gasteiger partial charge on any atom is -0.348 e. The summed E-state index contributed by atoms with van der Waals surface area (Å²) >= 11 is 5.09. The molecule has 0 aromatic carbocycles. The van der Waals surface area contributed by atoms with E-state index < -0.39 is 0 Å². The van der Waals surface area contributed by atoms with Gasteiger partial charge in [-0.15, -0.1) is 0 Å². The largest absolute Gasteiger partial charge is 0.348 e. The zero-order valence-corrected chi connectivity index (χ0v) is 10.6. The lowest BCUT2D eigenvalue weighted by Gasteiger charge is -2.36. The van der Waals surface area contributed by atoms with Crippen molar-refractivity contribution < 1.29 is 9.08 Å². The maximum absolute atomic E-state index is 11.2. The molecule has 0 spiro atoms. The molecule has 3 heteroatoms. The highest BCUT2D eigenvalue weighted by Gasteiger charge is 2.32. The van der Waals surface area contributed by atoms with Gasteiger partial charge in [-0.25, -0.2) is 0 Å². The van der Waals surface area contributed by atoms with Crippen molar-refractivity contribution in [3.63, 3.8) is 0 Å². The van der Waals surface area contributed by atoms with E-state index >= 15 is 0 Å². The van der Waals surface area contributed by atoms with Crippen LogP contribution in [0.3, 0.4) is 0 Å². The lowest BCUT2D eigenvalue weighted by atomic mass is 9.69. The molecule has 0 radical (unpaired) electrons. The molecule has 0 N–H and O–H groups in total. The predicted octanol–water partition coefficient (Wildman–Crippen LogP) is 3.78. The van der Waals surface area contributed by atoms with E-state index in [1.807, 2.05) is 0 Å². The summed E-state index contributed by atoms with van der Waals surface area (Å²) in [6, 6.07) is 0. The Morgan fingerprint density at radius 2 is 2.13 bits per heavy atom. The van der Waals surface area contributed by atoms with E-state index in [0.29, 0.717) is 24.2 Å². The topological polar surface area (TPSA) is 26.3 Å². The van der Waals surface area contributed by atoms with Gasteiger partial charge in [-0.3, -0.25) is 4.79 Å². The number of hydrogen-bond donors (Lipinski definition) is 0. The van der Waals surface area contributed by atoms with Gasteiger partial charge in [-0.2, -0.15) is 0 Å². The Hall–Kier alpha value is -0.240. The summed E-state index contributed by atoms with van der Waals surface area (Å²) in [6.45, 7) is 6.73. The minimum atomic E-state index is -0.276. The van der Waals surface area contributed by atoms with Gasteiger partial charge in [0.1, 0.15) is 11.9 Å².